The molecule has 2 aromatic heterocycles. The SMILES string of the molecule is CCS(=O)(=O)C1=CC(C(F)(F)F)CC=C1c1nc2ncc(C(F)(F)F)cc2[nH]1. The van der Waals surface area contributed by atoms with Crippen LogP contribution in [0, 0.1) is 5.92 Å². The number of nitrogens with one attached hydrogen (secondary N) is 1. The van der Waals surface area contributed by atoms with Gasteiger partial charge in [0, 0.05) is 11.8 Å². The highest BCUT2D eigenvalue weighted by Gasteiger charge is 2.41. The molecule has 1 unspecified atom stereocenters. The fourth-order valence-corrected chi connectivity index (χ4v) is 3.93. The third-order valence-electron chi connectivity index (χ3n) is 4.25. The highest BCUT2D eigenvalue weighted by Crippen LogP contribution is 2.40. The molecular weight excluding hydrogens is 412 g/mol. The van der Waals surface area contributed by atoms with Crippen molar-refractivity contribution >= 4 is 26.6 Å². The summed E-state index contributed by atoms with van der Waals surface area (Å²) in [6.07, 6.45) is -7.53. The van der Waals surface area contributed by atoms with Crippen LogP contribution in [0.2, 0.25) is 0 Å². The normalized spacial score (nSPS) is 18.9. The van der Waals surface area contributed by atoms with Crippen LogP contribution in [0.3, 0.4) is 0 Å². The molecule has 1 aliphatic carbocycles. The van der Waals surface area contributed by atoms with Gasteiger partial charge in [0.15, 0.2) is 15.5 Å². The van der Waals surface area contributed by atoms with Crippen LogP contribution in [-0.4, -0.2) is 35.3 Å². The summed E-state index contributed by atoms with van der Waals surface area (Å²) in [4.78, 5) is 9.51. The zero-order valence-corrected chi connectivity index (χ0v) is 15.0. The van der Waals surface area contributed by atoms with Gasteiger partial charge in [-0.2, -0.15) is 26.3 Å². The van der Waals surface area contributed by atoms with Crippen LogP contribution >= 0.6 is 0 Å². The minimum atomic E-state index is -4.65. The van der Waals surface area contributed by atoms with Crippen LogP contribution in [-0.2, 0) is 16.0 Å². The molecule has 0 bridgehead atoms. The van der Waals surface area contributed by atoms with Crippen LogP contribution < -0.4 is 0 Å². The van der Waals surface area contributed by atoms with E-state index >= 15 is 0 Å². The predicted molar refractivity (Wildman–Crippen MR) is 88.6 cm³/mol. The zero-order valence-electron chi connectivity index (χ0n) is 14.2. The average molecular weight is 425 g/mol. The highest BCUT2D eigenvalue weighted by molar-refractivity contribution is 7.95. The minimum Gasteiger partial charge on any atom is -0.337 e. The number of hydrogen-bond donors (Lipinski definition) is 1. The number of fused-ring (bicyclic) bond motifs is 1. The Labute approximate surface area is 155 Å². The smallest absolute Gasteiger partial charge is 0.337 e. The van der Waals surface area contributed by atoms with E-state index in [2.05, 4.69) is 15.0 Å². The number of pyridine rings is 1. The minimum absolute atomic E-state index is 0.114. The molecule has 5 nitrogen and oxygen atoms in total. The van der Waals surface area contributed by atoms with Crippen LogP contribution in [0.15, 0.2) is 29.3 Å². The molecule has 28 heavy (non-hydrogen) atoms. The molecule has 1 atom stereocenters. The Balaban J connectivity index is 2.11. The Kier molecular flexibility index (Phi) is 4.80. The summed E-state index contributed by atoms with van der Waals surface area (Å²) >= 11 is 0. The highest BCUT2D eigenvalue weighted by atomic mass is 32.2. The third kappa shape index (κ3) is 3.77. The number of hydrogen-bond acceptors (Lipinski definition) is 4. The molecule has 1 N–H and O–H groups in total. The number of aromatic nitrogens is 3. The van der Waals surface area contributed by atoms with Crippen molar-refractivity contribution in [3.63, 3.8) is 0 Å². The van der Waals surface area contributed by atoms with Gasteiger partial charge in [0.05, 0.1) is 27.7 Å². The second-order valence-corrected chi connectivity index (χ2v) is 8.36. The maximum atomic E-state index is 13.1. The summed E-state index contributed by atoms with van der Waals surface area (Å²) in [7, 11) is -4.05. The number of alkyl halides is 6. The number of nitrogens with zero attached hydrogens (tertiary/aromatic N) is 2. The van der Waals surface area contributed by atoms with Crippen molar-refractivity contribution in [1.29, 1.82) is 0 Å². The third-order valence-corrected chi connectivity index (χ3v) is 6.04. The van der Waals surface area contributed by atoms with Gasteiger partial charge in [-0.25, -0.2) is 18.4 Å². The Morgan fingerprint density at radius 3 is 2.46 bits per heavy atom. The van der Waals surface area contributed by atoms with E-state index in [-0.39, 0.29) is 22.6 Å². The zero-order chi connectivity index (χ0) is 20.9. The Morgan fingerprint density at radius 1 is 1.21 bits per heavy atom. The van der Waals surface area contributed by atoms with E-state index in [1.54, 1.807) is 0 Å². The average Bonchev–Trinajstić information content (AvgIpc) is 3.02. The van der Waals surface area contributed by atoms with Crippen LogP contribution in [0.1, 0.15) is 24.7 Å². The first-order chi connectivity index (χ1) is 12.8. The monoisotopic (exact) mass is 425 g/mol. The van der Waals surface area contributed by atoms with E-state index < -0.39 is 50.8 Å². The molecule has 0 aliphatic heterocycles. The number of allylic oxidation sites excluding steroid dienone is 3. The van der Waals surface area contributed by atoms with Crippen molar-refractivity contribution < 1.29 is 34.8 Å². The first-order valence-electron chi connectivity index (χ1n) is 7.98. The molecule has 2 aromatic rings. The second-order valence-electron chi connectivity index (χ2n) is 6.11. The van der Waals surface area contributed by atoms with Crippen molar-refractivity contribution in [2.24, 2.45) is 5.92 Å². The van der Waals surface area contributed by atoms with E-state index in [9.17, 15) is 34.8 Å². The van der Waals surface area contributed by atoms with E-state index in [1.165, 1.54) is 6.92 Å². The molecule has 0 saturated heterocycles. The van der Waals surface area contributed by atoms with Crippen LogP contribution in [0.5, 0.6) is 0 Å². The lowest BCUT2D eigenvalue weighted by Gasteiger charge is -2.22. The molecule has 2 heterocycles. The van der Waals surface area contributed by atoms with Gasteiger partial charge in [-0.3, -0.25) is 0 Å². The van der Waals surface area contributed by atoms with Gasteiger partial charge < -0.3 is 4.98 Å². The molecule has 0 fully saturated rings. The topological polar surface area (TPSA) is 75.7 Å². The van der Waals surface area contributed by atoms with Gasteiger partial charge in [0.2, 0.25) is 0 Å². The Bertz CT molecular complexity index is 1080. The molecule has 0 radical (unpaired) electrons. The maximum Gasteiger partial charge on any atom is 0.417 e. The first kappa shape index (κ1) is 20.4. The molecule has 0 spiro atoms. The molecule has 12 heteroatoms. The van der Waals surface area contributed by atoms with Crippen molar-refractivity contribution in [3.8, 4) is 0 Å². The van der Waals surface area contributed by atoms with Gasteiger partial charge >= 0.3 is 12.4 Å². The molecule has 0 saturated carbocycles. The van der Waals surface area contributed by atoms with Crippen molar-refractivity contribution in [2.45, 2.75) is 25.7 Å². The fourth-order valence-electron chi connectivity index (χ4n) is 2.74. The van der Waals surface area contributed by atoms with E-state index in [0.717, 1.165) is 12.1 Å². The van der Waals surface area contributed by atoms with Gasteiger partial charge in [0.25, 0.3) is 0 Å². The van der Waals surface area contributed by atoms with Crippen molar-refractivity contribution in [1.82, 2.24) is 15.0 Å². The number of aromatic amines is 1. The number of H-pyrrole nitrogens is 1. The molecule has 0 aromatic carbocycles. The summed E-state index contributed by atoms with van der Waals surface area (Å²) in [5.41, 5.74) is -1.39. The molecule has 1 aliphatic rings. The van der Waals surface area contributed by atoms with Gasteiger partial charge in [-0.05, 0) is 12.5 Å². The van der Waals surface area contributed by atoms with Crippen molar-refractivity contribution in [3.05, 3.63) is 40.7 Å². The van der Waals surface area contributed by atoms with E-state index in [0.29, 0.717) is 12.3 Å². The Hall–Kier alpha value is -2.37. The van der Waals surface area contributed by atoms with E-state index in [4.69, 9.17) is 0 Å². The maximum absolute atomic E-state index is 13.1. The largest absolute Gasteiger partial charge is 0.417 e. The van der Waals surface area contributed by atoms with Gasteiger partial charge in [-0.15, -0.1) is 0 Å². The fraction of sp³-hybridized carbons (Fsp3) is 0.375. The summed E-state index contributed by atoms with van der Waals surface area (Å²) in [5, 5.41) is 0. The second kappa shape index (κ2) is 6.61. The van der Waals surface area contributed by atoms with E-state index in [1.807, 2.05) is 0 Å². The lowest BCUT2D eigenvalue weighted by atomic mass is 9.95. The molecule has 0 amide bonds. The number of rotatable bonds is 3. The molecule has 152 valence electrons. The lowest BCUT2D eigenvalue weighted by molar-refractivity contribution is -0.160. The van der Waals surface area contributed by atoms with Crippen molar-refractivity contribution in [2.75, 3.05) is 5.75 Å². The quantitative estimate of drug-likeness (QED) is 0.746. The standard InChI is InChI=1S/C16H13F6N3O2S/c1-2-28(26,27)12-6-8(15(17,18)19)3-4-10(12)13-24-11-5-9(16(20,21)22)7-23-14(11)25-13/h4-8H,2-3H2,1H3,(H,23,24,25). The lowest BCUT2D eigenvalue weighted by Crippen LogP contribution is -2.25. The summed E-state index contributed by atoms with van der Waals surface area (Å²) < 4.78 is 102. The number of imidazole rings is 1. The van der Waals surface area contributed by atoms with Gasteiger partial charge in [-0.1, -0.05) is 19.1 Å². The first-order valence-corrected chi connectivity index (χ1v) is 9.63. The van der Waals surface area contributed by atoms with Crippen LogP contribution in [0.4, 0.5) is 26.3 Å². The summed E-state index contributed by atoms with van der Waals surface area (Å²) in [5.74, 6) is -2.59. The van der Waals surface area contributed by atoms with Gasteiger partial charge in [0.1, 0.15) is 5.82 Å². The summed E-state index contributed by atoms with van der Waals surface area (Å²) in [6, 6.07) is 0.748. The predicted octanol–water partition coefficient (Wildman–Crippen LogP) is 4.26. The molecule has 3 rings (SSSR count). The molecular formula is C16H13F6N3O2S. The van der Waals surface area contributed by atoms with Crippen LogP contribution in [0.25, 0.3) is 16.7 Å². The summed E-state index contributed by atoms with van der Waals surface area (Å²) in [6.45, 7) is 1.28. The number of sulfone groups is 1. The Morgan fingerprint density at radius 2 is 1.89 bits per heavy atom. The number of halogens is 6.